The molecular formula is C24H28N4. The second-order valence-corrected chi connectivity index (χ2v) is 7.53. The monoisotopic (exact) mass is 372 g/mol. The van der Waals surface area contributed by atoms with Gasteiger partial charge < -0.3 is 5.32 Å². The first-order valence-corrected chi connectivity index (χ1v) is 10.2. The van der Waals surface area contributed by atoms with Gasteiger partial charge in [-0.1, -0.05) is 42.5 Å². The third kappa shape index (κ3) is 4.57. The molecule has 1 aliphatic rings. The predicted molar refractivity (Wildman–Crippen MR) is 115 cm³/mol. The van der Waals surface area contributed by atoms with Crippen LogP contribution in [0.2, 0.25) is 0 Å². The van der Waals surface area contributed by atoms with Gasteiger partial charge in [-0.25, -0.2) is 4.98 Å². The Morgan fingerprint density at radius 2 is 1.79 bits per heavy atom. The highest BCUT2D eigenvalue weighted by Gasteiger charge is 2.22. The lowest BCUT2D eigenvalue weighted by Crippen LogP contribution is -2.33. The zero-order valence-corrected chi connectivity index (χ0v) is 16.5. The number of pyridine rings is 2. The Morgan fingerprint density at radius 1 is 0.964 bits per heavy atom. The summed E-state index contributed by atoms with van der Waals surface area (Å²) in [7, 11) is 1.94. The molecule has 1 N–H and O–H groups in total. The maximum Gasteiger partial charge on any atom is 0.130 e. The topological polar surface area (TPSA) is 41.1 Å². The van der Waals surface area contributed by atoms with Gasteiger partial charge in [0, 0.05) is 49.1 Å². The fraction of sp³-hybridized carbons (Fsp3) is 0.333. The fourth-order valence-electron chi connectivity index (χ4n) is 4.05. The van der Waals surface area contributed by atoms with Crippen molar-refractivity contribution < 1.29 is 0 Å². The van der Waals surface area contributed by atoms with Crippen LogP contribution in [0.15, 0.2) is 66.9 Å². The maximum atomic E-state index is 4.99. The van der Waals surface area contributed by atoms with Crippen molar-refractivity contribution >= 4 is 5.82 Å². The van der Waals surface area contributed by atoms with Crippen LogP contribution < -0.4 is 5.32 Å². The Morgan fingerprint density at radius 3 is 2.57 bits per heavy atom. The van der Waals surface area contributed by atoms with E-state index in [0.29, 0.717) is 5.92 Å². The average Bonchev–Trinajstić information content (AvgIpc) is 2.76. The van der Waals surface area contributed by atoms with E-state index in [-0.39, 0.29) is 0 Å². The lowest BCUT2D eigenvalue weighted by atomic mass is 9.92. The molecule has 1 aromatic carbocycles. The number of hydrogen-bond acceptors (Lipinski definition) is 4. The summed E-state index contributed by atoms with van der Waals surface area (Å²) in [5.74, 6) is 1.55. The molecule has 4 rings (SSSR count). The number of nitrogens with zero attached hydrogens (tertiary/aromatic N) is 3. The van der Waals surface area contributed by atoms with Crippen LogP contribution in [0, 0.1) is 0 Å². The Kier molecular flexibility index (Phi) is 5.98. The first kappa shape index (κ1) is 18.6. The van der Waals surface area contributed by atoms with Gasteiger partial charge in [0.1, 0.15) is 5.82 Å². The molecule has 28 heavy (non-hydrogen) atoms. The van der Waals surface area contributed by atoms with E-state index in [9.17, 15) is 0 Å². The van der Waals surface area contributed by atoms with Crippen LogP contribution in [0.4, 0.5) is 5.82 Å². The average molecular weight is 373 g/mol. The van der Waals surface area contributed by atoms with Crippen LogP contribution in [0.5, 0.6) is 0 Å². The van der Waals surface area contributed by atoms with E-state index in [4.69, 9.17) is 4.98 Å². The first-order valence-electron chi connectivity index (χ1n) is 10.2. The summed E-state index contributed by atoms with van der Waals surface area (Å²) in [5, 5.41) is 3.20. The Labute approximate surface area is 167 Å². The van der Waals surface area contributed by atoms with E-state index in [0.717, 1.165) is 44.7 Å². The molecule has 4 nitrogen and oxygen atoms in total. The van der Waals surface area contributed by atoms with E-state index in [2.05, 4.69) is 69.8 Å². The van der Waals surface area contributed by atoms with E-state index < -0.39 is 0 Å². The fourth-order valence-corrected chi connectivity index (χ4v) is 4.05. The summed E-state index contributed by atoms with van der Waals surface area (Å²) in [6.45, 7) is 3.17. The molecule has 2 aromatic heterocycles. The molecule has 1 saturated heterocycles. The van der Waals surface area contributed by atoms with Gasteiger partial charge in [0.25, 0.3) is 0 Å². The van der Waals surface area contributed by atoms with Gasteiger partial charge in [-0.2, -0.15) is 0 Å². The van der Waals surface area contributed by atoms with Crippen molar-refractivity contribution in [1.82, 2.24) is 14.9 Å². The van der Waals surface area contributed by atoms with E-state index in [1.165, 1.54) is 22.5 Å². The molecule has 4 heteroatoms. The van der Waals surface area contributed by atoms with Crippen LogP contribution in [0.1, 0.15) is 41.3 Å². The van der Waals surface area contributed by atoms with Gasteiger partial charge >= 0.3 is 0 Å². The van der Waals surface area contributed by atoms with Gasteiger partial charge in [0.2, 0.25) is 0 Å². The highest BCUT2D eigenvalue weighted by Crippen LogP contribution is 2.28. The number of likely N-dealkylation sites (tertiary alicyclic amines) is 1. The summed E-state index contributed by atoms with van der Waals surface area (Å²) >= 11 is 0. The number of rotatable bonds is 6. The maximum absolute atomic E-state index is 4.99. The van der Waals surface area contributed by atoms with E-state index in [1.54, 1.807) is 0 Å². The lowest BCUT2D eigenvalue weighted by molar-refractivity contribution is 0.203. The highest BCUT2D eigenvalue weighted by molar-refractivity contribution is 5.42. The van der Waals surface area contributed by atoms with Gasteiger partial charge in [-0.3, -0.25) is 9.88 Å². The van der Waals surface area contributed by atoms with Crippen molar-refractivity contribution in [2.24, 2.45) is 0 Å². The Balaban J connectivity index is 1.36. The molecule has 0 atom stereocenters. The second kappa shape index (κ2) is 8.98. The summed E-state index contributed by atoms with van der Waals surface area (Å²) in [6, 6.07) is 21.3. The molecule has 1 aliphatic heterocycles. The van der Waals surface area contributed by atoms with Gasteiger partial charge in [0.05, 0.1) is 0 Å². The quantitative estimate of drug-likeness (QED) is 0.692. The van der Waals surface area contributed by atoms with E-state index in [1.807, 2.05) is 19.3 Å². The van der Waals surface area contributed by atoms with Gasteiger partial charge in [0.15, 0.2) is 0 Å². The van der Waals surface area contributed by atoms with Crippen molar-refractivity contribution in [2.75, 3.05) is 25.5 Å². The standard InChI is InChI=1S/C24H28N4/c1-25-24-21(9-6-14-26-24)18-28-15-12-20(13-16-28)23-11-5-10-22(27-23)17-19-7-3-2-4-8-19/h2-11,14,20H,12-13,15-18H2,1H3,(H,25,26). The third-order valence-electron chi connectivity index (χ3n) is 5.58. The molecular weight excluding hydrogens is 344 g/mol. The molecule has 0 radical (unpaired) electrons. The normalized spacial score (nSPS) is 15.5. The molecule has 0 unspecified atom stereocenters. The van der Waals surface area contributed by atoms with Crippen LogP contribution in [-0.4, -0.2) is 35.0 Å². The minimum atomic E-state index is 0.560. The van der Waals surface area contributed by atoms with Crippen molar-refractivity contribution in [3.8, 4) is 0 Å². The van der Waals surface area contributed by atoms with Crippen LogP contribution in [-0.2, 0) is 13.0 Å². The Hall–Kier alpha value is -2.72. The number of aromatic nitrogens is 2. The predicted octanol–water partition coefficient (Wildman–Crippen LogP) is 4.49. The van der Waals surface area contributed by atoms with Crippen LogP contribution in [0.3, 0.4) is 0 Å². The highest BCUT2D eigenvalue weighted by atomic mass is 15.1. The molecule has 3 aromatic rings. The Bertz CT molecular complexity index is 886. The smallest absolute Gasteiger partial charge is 0.130 e. The largest absolute Gasteiger partial charge is 0.373 e. The van der Waals surface area contributed by atoms with Crippen molar-refractivity contribution in [1.29, 1.82) is 0 Å². The number of benzene rings is 1. The van der Waals surface area contributed by atoms with Crippen LogP contribution in [0.25, 0.3) is 0 Å². The molecule has 0 spiro atoms. The van der Waals surface area contributed by atoms with Gasteiger partial charge in [-0.15, -0.1) is 0 Å². The summed E-state index contributed by atoms with van der Waals surface area (Å²) < 4.78 is 0. The minimum Gasteiger partial charge on any atom is -0.373 e. The van der Waals surface area contributed by atoms with E-state index >= 15 is 0 Å². The second-order valence-electron chi connectivity index (χ2n) is 7.53. The van der Waals surface area contributed by atoms with Gasteiger partial charge in [-0.05, 0) is 49.7 Å². The summed E-state index contributed by atoms with van der Waals surface area (Å²) in [6.07, 6.45) is 5.07. The molecule has 1 fully saturated rings. The molecule has 0 aliphatic carbocycles. The summed E-state index contributed by atoms with van der Waals surface area (Å²) in [5.41, 5.74) is 5.01. The summed E-state index contributed by atoms with van der Waals surface area (Å²) in [4.78, 5) is 11.9. The van der Waals surface area contributed by atoms with Crippen molar-refractivity contribution in [2.45, 2.75) is 31.7 Å². The third-order valence-corrected chi connectivity index (χ3v) is 5.58. The van der Waals surface area contributed by atoms with Crippen LogP contribution >= 0.6 is 0 Å². The number of nitrogens with one attached hydrogen (secondary N) is 1. The number of piperidine rings is 1. The first-order chi connectivity index (χ1) is 13.8. The number of anilines is 1. The zero-order valence-electron chi connectivity index (χ0n) is 16.5. The van der Waals surface area contributed by atoms with Crippen molar-refractivity contribution in [3.05, 3.63) is 89.4 Å². The van der Waals surface area contributed by atoms with Crippen molar-refractivity contribution in [3.63, 3.8) is 0 Å². The molecule has 144 valence electrons. The number of hydrogen-bond donors (Lipinski definition) is 1. The zero-order chi connectivity index (χ0) is 19.2. The lowest BCUT2D eigenvalue weighted by Gasteiger charge is -2.32. The molecule has 3 heterocycles. The molecule has 0 saturated carbocycles. The SMILES string of the molecule is CNc1ncccc1CN1CCC(c2cccc(Cc3ccccc3)n2)CC1. The minimum absolute atomic E-state index is 0.560. The molecule has 0 bridgehead atoms. The molecule has 0 amide bonds.